The highest BCUT2D eigenvalue weighted by Gasteiger charge is 2.23. The van der Waals surface area contributed by atoms with Gasteiger partial charge in [-0.15, -0.1) is 0 Å². The first-order valence-electron chi connectivity index (χ1n) is 10.7. The van der Waals surface area contributed by atoms with Crippen molar-refractivity contribution < 1.29 is 18.7 Å². The van der Waals surface area contributed by atoms with Crippen molar-refractivity contribution in [1.82, 2.24) is 9.78 Å². The van der Waals surface area contributed by atoms with E-state index in [-0.39, 0.29) is 11.3 Å². The SMILES string of the molecule is CCCCCCn1nc(C(=O)OC(C)C(=O)Nc2ccc(F)cc2)c2ccccc2c1=O. The second kappa shape index (κ2) is 10.7. The molecule has 0 aliphatic rings. The van der Waals surface area contributed by atoms with Crippen LogP contribution < -0.4 is 10.9 Å². The van der Waals surface area contributed by atoms with Gasteiger partial charge in [-0.2, -0.15) is 5.10 Å². The Morgan fingerprint density at radius 1 is 1.06 bits per heavy atom. The van der Waals surface area contributed by atoms with Crippen LogP contribution in [0.5, 0.6) is 0 Å². The predicted octanol–water partition coefficient (Wildman–Crippen LogP) is 4.30. The lowest BCUT2D eigenvalue weighted by molar-refractivity contribution is -0.123. The van der Waals surface area contributed by atoms with Crippen molar-refractivity contribution in [2.75, 3.05) is 5.32 Å². The summed E-state index contributed by atoms with van der Waals surface area (Å²) in [6.07, 6.45) is 2.72. The number of esters is 1. The van der Waals surface area contributed by atoms with E-state index in [1.54, 1.807) is 24.3 Å². The fraction of sp³-hybridized carbons (Fsp3) is 0.333. The van der Waals surface area contributed by atoms with E-state index >= 15 is 0 Å². The molecule has 8 heteroatoms. The number of carbonyl (C=O) groups is 2. The van der Waals surface area contributed by atoms with Crippen molar-refractivity contribution in [3.8, 4) is 0 Å². The Bertz CT molecular complexity index is 1160. The second-order valence-electron chi connectivity index (χ2n) is 7.53. The number of hydrogen-bond donors (Lipinski definition) is 1. The van der Waals surface area contributed by atoms with Crippen molar-refractivity contribution in [2.45, 2.75) is 52.2 Å². The van der Waals surface area contributed by atoms with E-state index in [9.17, 15) is 18.8 Å². The zero-order valence-corrected chi connectivity index (χ0v) is 18.1. The molecule has 1 aromatic heterocycles. The third-order valence-electron chi connectivity index (χ3n) is 5.05. The number of benzene rings is 2. The molecule has 1 heterocycles. The number of nitrogens with one attached hydrogen (secondary N) is 1. The topological polar surface area (TPSA) is 90.3 Å². The fourth-order valence-corrected chi connectivity index (χ4v) is 3.27. The highest BCUT2D eigenvalue weighted by atomic mass is 19.1. The zero-order valence-electron chi connectivity index (χ0n) is 18.1. The van der Waals surface area contributed by atoms with E-state index in [1.165, 1.54) is 35.9 Å². The van der Waals surface area contributed by atoms with Crippen LogP contribution in [0.4, 0.5) is 10.1 Å². The number of hydrogen-bond acceptors (Lipinski definition) is 5. The van der Waals surface area contributed by atoms with Crippen LogP contribution in [0.2, 0.25) is 0 Å². The summed E-state index contributed by atoms with van der Waals surface area (Å²) in [6, 6.07) is 11.9. The van der Waals surface area contributed by atoms with Crippen molar-refractivity contribution in [3.05, 3.63) is 70.4 Å². The minimum Gasteiger partial charge on any atom is -0.448 e. The molecule has 0 spiro atoms. The number of aromatic nitrogens is 2. The van der Waals surface area contributed by atoms with Gasteiger partial charge in [0.05, 0.1) is 5.39 Å². The Hall–Kier alpha value is -3.55. The summed E-state index contributed by atoms with van der Waals surface area (Å²) in [4.78, 5) is 38.1. The van der Waals surface area contributed by atoms with Crippen LogP contribution >= 0.6 is 0 Å². The van der Waals surface area contributed by atoms with Gasteiger partial charge in [-0.1, -0.05) is 44.4 Å². The number of carbonyl (C=O) groups excluding carboxylic acids is 2. The van der Waals surface area contributed by atoms with Crippen LogP contribution in [0.1, 0.15) is 50.0 Å². The highest BCUT2D eigenvalue weighted by Crippen LogP contribution is 2.16. The van der Waals surface area contributed by atoms with Gasteiger partial charge < -0.3 is 10.1 Å². The van der Waals surface area contributed by atoms with Gasteiger partial charge in [-0.05, 0) is 43.7 Å². The van der Waals surface area contributed by atoms with Gasteiger partial charge >= 0.3 is 5.97 Å². The molecule has 3 aromatic rings. The number of aryl methyl sites for hydroxylation is 1. The van der Waals surface area contributed by atoms with E-state index in [2.05, 4.69) is 17.3 Å². The molecule has 0 fully saturated rings. The van der Waals surface area contributed by atoms with E-state index in [0.29, 0.717) is 23.0 Å². The number of unbranched alkanes of at least 4 members (excludes halogenated alkanes) is 3. The number of amides is 1. The molecule has 3 rings (SSSR count). The molecular formula is C24H26FN3O4. The Morgan fingerprint density at radius 2 is 1.75 bits per heavy atom. The Kier molecular flexibility index (Phi) is 7.70. The number of halogens is 1. The van der Waals surface area contributed by atoms with Gasteiger partial charge in [0.1, 0.15) is 5.82 Å². The summed E-state index contributed by atoms with van der Waals surface area (Å²) in [5.41, 5.74) is 0.0939. The van der Waals surface area contributed by atoms with E-state index in [0.717, 1.165) is 25.7 Å². The summed E-state index contributed by atoms with van der Waals surface area (Å²) in [6.45, 7) is 3.92. The minimum atomic E-state index is -1.13. The van der Waals surface area contributed by atoms with Crippen LogP contribution in [0, 0.1) is 5.82 Å². The molecule has 1 atom stereocenters. The van der Waals surface area contributed by atoms with Gasteiger partial charge in [0.2, 0.25) is 0 Å². The quantitative estimate of drug-likeness (QED) is 0.397. The molecule has 1 amide bonds. The molecule has 32 heavy (non-hydrogen) atoms. The van der Waals surface area contributed by atoms with Crippen molar-refractivity contribution in [2.24, 2.45) is 0 Å². The lowest BCUT2D eigenvalue weighted by Gasteiger charge is -2.15. The third kappa shape index (κ3) is 5.57. The van der Waals surface area contributed by atoms with Crippen LogP contribution in [-0.4, -0.2) is 27.8 Å². The number of nitrogens with zero attached hydrogens (tertiary/aromatic N) is 2. The molecule has 168 valence electrons. The van der Waals surface area contributed by atoms with Crippen molar-refractivity contribution >= 4 is 28.3 Å². The van der Waals surface area contributed by atoms with Crippen LogP contribution in [0.25, 0.3) is 10.8 Å². The smallest absolute Gasteiger partial charge is 0.360 e. The Labute approximate surface area is 185 Å². The monoisotopic (exact) mass is 439 g/mol. The maximum Gasteiger partial charge on any atom is 0.360 e. The summed E-state index contributed by atoms with van der Waals surface area (Å²) < 4.78 is 19.7. The largest absolute Gasteiger partial charge is 0.448 e. The van der Waals surface area contributed by atoms with E-state index in [1.807, 2.05) is 0 Å². The predicted molar refractivity (Wildman–Crippen MR) is 120 cm³/mol. The van der Waals surface area contributed by atoms with Gasteiger partial charge in [0.15, 0.2) is 11.8 Å². The van der Waals surface area contributed by atoms with Crippen LogP contribution in [0.3, 0.4) is 0 Å². The van der Waals surface area contributed by atoms with Crippen molar-refractivity contribution in [1.29, 1.82) is 0 Å². The van der Waals surface area contributed by atoms with Gasteiger partial charge in [-0.3, -0.25) is 9.59 Å². The molecule has 1 unspecified atom stereocenters. The first-order valence-corrected chi connectivity index (χ1v) is 10.7. The molecule has 0 radical (unpaired) electrons. The van der Waals surface area contributed by atoms with Gasteiger partial charge in [0.25, 0.3) is 11.5 Å². The summed E-state index contributed by atoms with van der Waals surface area (Å²) in [5.74, 6) is -1.79. The number of ether oxygens (including phenoxy) is 1. The van der Waals surface area contributed by atoms with Crippen LogP contribution in [-0.2, 0) is 16.1 Å². The fourth-order valence-electron chi connectivity index (χ4n) is 3.27. The van der Waals surface area contributed by atoms with E-state index in [4.69, 9.17) is 4.74 Å². The van der Waals surface area contributed by atoms with E-state index < -0.39 is 23.8 Å². The lowest BCUT2D eigenvalue weighted by atomic mass is 10.1. The number of anilines is 1. The average molecular weight is 439 g/mol. The first-order chi connectivity index (χ1) is 15.4. The molecule has 0 saturated carbocycles. The van der Waals surface area contributed by atoms with Crippen LogP contribution in [0.15, 0.2) is 53.3 Å². The Morgan fingerprint density at radius 3 is 2.44 bits per heavy atom. The molecule has 0 bridgehead atoms. The maximum atomic E-state index is 13.0. The molecule has 0 saturated heterocycles. The Balaban J connectivity index is 1.79. The maximum absolute atomic E-state index is 13.0. The average Bonchev–Trinajstić information content (AvgIpc) is 2.79. The first kappa shape index (κ1) is 23.1. The molecule has 0 aliphatic heterocycles. The van der Waals surface area contributed by atoms with Crippen molar-refractivity contribution in [3.63, 3.8) is 0 Å². The lowest BCUT2D eigenvalue weighted by Crippen LogP contribution is -2.32. The molecule has 2 aromatic carbocycles. The molecule has 0 aliphatic carbocycles. The summed E-state index contributed by atoms with van der Waals surface area (Å²) in [7, 11) is 0. The highest BCUT2D eigenvalue weighted by molar-refractivity contribution is 6.03. The normalized spacial score (nSPS) is 11.8. The third-order valence-corrected chi connectivity index (χ3v) is 5.05. The summed E-state index contributed by atoms with van der Waals surface area (Å²) >= 11 is 0. The van der Waals surface area contributed by atoms with Gasteiger partial charge in [-0.25, -0.2) is 13.9 Å². The number of fused-ring (bicyclic) bond motifs is 1. The molecular weight excluding hydrogens is 413 g/mol. The van der Waals surface area contributed by atoms with Gasteiger partial charge in [0, 0.05) is 17.6 Å². The second-order valence-corrected chi connectivity index (χ2v) is 7.53. The summed E-state index contributed by atoms with van der Waals surface area (Å²) in [5, 5.41) is 7.57. The zero-order chi connectivity index (χ0) is 23.1. The molecule has 1 N–H and O–H groups in total. The minimum absolute atomic E-state index is 0.0166. The molecule has 7 nitrogen and oxygen atoms in total. The number of rotatable bonds is 9. The standard InChI is InChI=1S/C24H26FN3O4/c1-3-4-5-8-15-28-23(30)20-10-7-6-9-19(20)21(27-28)24(31)32-16(2)22(29)26-18-13-11-17(25)12-14-18/h6-7,9-14,16H,3-5,8,15H2,1-2H3,(H,26,29).